The van der Waals surface area contributed by atoms with Crippen molar-refractivity contribution in [3.8, 4) is 5.75 Å². The summed E-state index contributed by atoms with van der Waals surface area (Å²) in [6, 6.07) is 4.71. The minimum atomic E-state index is -0.495. The Labute approximate surface area is 131 Å². The van der Waals surface area contributed by atoms with E-state index >= 15 is 0 Å². The Balaban J connectivity index is 0.00000361. The number of methoxy groups -OCH3 is 1. The lowest BCUT2D eigenvalue weighted by Crippen LogP contribution is -2.42. The van der Waals surface area contributed by atoms with Gasteiger partial charge >= 0.3 is 0 Å². The van der Waals surface area contributed by atoms with Gasteiger partial charge in [-0.15, -0.1) is 12.4 Å². The Bertz CT molecular complexity index is 453. The smallest absolute Gasteiger partial charge is 0.243 e. The largest absolute Gasteiger partial charge is 0.495 e. The average Bonchev–Trinajstić information content (AvgIpc) is 2.36. The third kappa shape index (κ3) is 4.85. The average molecular weight is 321 g/mol. The van der Waals surface area contributed by atoms with Crippen LogP contribution in [0.5, 0.6) is 5.75 Å². The second kappa shape index (κ2) is 8.35. The number of carbonyl (C=O) groups excluding carboxylic acids is 1. The molecule has 20 heavy (non-hydrogen) atoms. The van der Waals surface area contributed by atoms with E-state index in [-0.39, 0.29) is 18.3 Å². The SMILES string of the molecule is COc1ccc(N(C)C(=O)[C@@H](N)CC(C)C)cc1Cl.Cl. The Hall–Kier alpha value is -0.970. The predicted octanol–water partition coefficient (Wildman–Crippen LogP) is 3.11. The van der Waals surface area contributed by atoms with E-state index in [0.29, 0.717) is 28.8 Å². The van der Waals surface area contributed by atoms with Crippen LogP contribution in [-0.2, 0) is 4.79 Å². The van der Waals surface area contributed by atoms with Crippen molar-refractivity contribution in [3.05, 3.63) is 23.2 Å². The Kier molecular flexibility index (Phi) is 7.94. The molecular formula is C14H22Cl2N2O2. The molecule has 0 aliphatic carbocycles. The van der Waals surface area contributed by atoms with Gasteiger partial charge in [-0.1, -0.05) is 25.4 Å². The molecule has 0 bridgehead atoms. The summed E-state index contributed by atoms with van der Waals surface area (Å²) in [4.78, 5) is 13.7. The van der Waals surface area contributed by atoms with Crippen molar-refractivity contribution in [2.24, 2.45) is 11.7 Å². The number of carbonyl (C=O) groups is 1. The summed E-state index contributed by atoms with van der Waals surface area (Å²) in [5, 5.41) is 0.470. The molecule has 0 aliphatic heterocycles. The number of nitrogens with two attached hydrogens (primary N) is 1. The monoisotopic (exact) mass is 320 g/mol. The molecule has 0 aromatic heterocycles. The summed E-state index contributed by atoms with van der Waals surface area (Å²) >= 11 is 6.05. The first-order valence-corrected chi connectivity index (χ1v) is 6.61. The molecule has 1 aromatic rings. The lowest BCUT2D eigenvalue weighted by Gasteiger charge is -2.23. The fourth-order valence-electron chi connectivity index (χ4n) is 1.85. The fraction of sp³-hybridized carbons (Fsp3) is 0.500. The second-order valence-electron chi connectivity index (χ2n) is 4.95. The molecule has 0 saturated carbocycles. The zero-order valence-electron chi connectivity index (χ0n) is 12.2. The van der Waals surface area contributed by atoms with Crippen LogP contribution in [-0.4, -0.2) is 26.1 Å². The molecule has 1 rings (SSSR count). The van der Waals surface area contributed by atoms with Gasteiger partial charge in [0.25, 0.3) is 0 Å². The van der Waals surface area contributed by atoms with E-state index in [0.717, 1.165) is 0 Å². The molecule has 0 saturated heterocycles. The Morgan fingerprint density at radius 3 is 2.50 bits per heavy atom. The van der Waals surface area contributed by atoms with Gasteiger partial charge in [0, 0.05) is 12.7 Å². The molecule has 0 fully saturated rings. The van der Waals surface area contributed by atoms with Crippen molar-refractivity contribution in [1.82, 2.24) is 0 Å². The zero-order valence-corrected chi connectivity index (χ0v) is 13.8. The van der Waals surface area contributed by atoms with Gasteiger partial charge < -0.3 is 15.4 Å². The van der Waals surface area contributed by atoms with Crippen LogP contribution in [0.4, 0.5) is 5.69 Å². The first-order valence-electron chi connectivity index (χ1n) is 6.23. The van der Waals surface area contributed by atoms with E-state index < -0.39 is 6.04 Å². The van der Waals surface area contributed by atoms with Gasteiger partial charge in [0.1, 0.15) is 5.75 Å². The van der Waals surface area contributed by atoms with E-state index in [2.05, 4.69) is 0 Å². The highest BCUT2D eigenvalue weighted by Gasteiger charge is 2.20. The maximum Gasteiger partial charge on any atom is 0.243 e. The first kappa shape index (κ1) is 19.0. The van der Waals surface area contributed by atoms with Crippen molar-refractivity contribution in [2.45, 2.75) is 26.3 Å². The molecule has 0 spiro atoms. The van der Waals surface area contributed by atoms with Crippen LogP contribution in [0.15, 0.2) is 18.2 Å². The third-order valence-corrected chi connectivity index (χ3v) is 3.19. The number of benzene rings is 1. The van der Waals surface area contributed by atoms with Crippen molar-refractivity contribution in [3.63, 3.8) is 0 Å². The van der Waals surface area contributed by atoms with Gasteiger partial charge in [0.05, 0.1) is 18.2 Å². The number of amides is 1. The summed E-state index contributed by atoms with van der Waals surface area (Å²) in [6.45, 7) is 4.08. The lowest BCUT2D eigenvalue weighted by atomic mass is 10.0. The summed E-state index contributed by atoms with van der Waals surface area (Å²) in [5.41, 5.74) is 6.61. The number of halogens is 2. The van der Waals surface area contributed by atoms with Crippen molar-refractivity contribution in [2.75, 3.05) is 19.1 Å². The number of likely N-dealkylation sites (N-methyl/N-ethyl adjacent to an activating group) is 1. The number of hydrogen-bond donors (Lipinski definition) is 1. The summed E-state index contributed by atoms with van der Waals surface area (Å²) in [7, 11) is 3.25. The van der Waals surface area contributed by atoms with E-state index in [1.165, 1.54) is 4.90 Å². The van der Waals surface area contributed by atoms with Crippen molar-refractivity contribution >= 4 is 35.6 Å². The molecule has 114 valence electrons. The molecule has 1 amide bonds. The predicted molar refractivity (Wildman–Crippen MR) is 86.1 cm³/mol. The second-order valence-corrected chi connectivity index (χ2v) is 5.36. The minimum absolute atomic E-state index is 0. The first-order chi connectivity index (χ1) is 8.86. The topological polar surface area (TPSA) is 55.6 Å². The molecule has 1 atom stereocenters. The van der Waals surface area contributed by atoms with Gasteiger partial charge in [-0.05, 0) is 30.5 Å². The molecule has 1 aromatic carbocycles. The van der Waals surface area contributed by atoms with Gasteiger partial charge in [-0.2, -0.15) is 0 Å². The summed E-state index contributed by atoms with van der Waals surface area (Å²) < 4.78 is 5.08. The number of anilines is 1. The van der Waals surface area contributed by atoms with Crippen LogP contribution >= 0.6 is 24.0 Å². The van der Waals surface area contributed by atoms with E-state index in [4.69, 9.17) is 22.1 Å². The van der Waals surface area contributed by atoms with E-state index in [1.54, 1.807) is 32.4 Å². The molecular weight excluding hydrogens is 299 g/mol. The van der Waals surface area contributed by atoms with Crippen LogP contribution in [0.2, 0.25) is 5.02 Å². The van der Waals surface area contributed by atoms with Gasteiger partial charge in [-0.25, -0.2) is 0 Å². The summed E-state index contributed by atoms with van der Waals surface area (Å²) in [6.07, 6.45) is 0.660. The molecule has 0 heterocycles. The van der Waals surface area contributed by atoms with Gasteiger partial charge in [0.2, 0.25) is 5.91 Å². The zero-order chi connectivity index (χ0) is 14.6. The van der Waals surface area contributed by atoms with Crippen LogP contribution in [0.3, 0.4) is 0 Å². The Morgan fingerprint density at radius 2 is 2.05 bits per heavy atom. The minimum Gasteiger partial charge on any atom is -0.495 e. The summed E-state index contributed by atoms with van der Waals surface area (Å²) in [5.74, 6) is 0.847. The van der Waals surface area contributed by atoms with E-state index in [1.807, 2.05) is 13.8 Å². The molecule has 2 N–H and O–H groups in total. The fourth-order valence-corrected chi connectivity index (χ4v) is 2.10. The Morgan fingerprint density at radius 1 is 1.45 bits per heavy atom. The quantitative estimate of drug-likeness (QED) is 0.906. The van der Waals surface area contributed by atoms with Crippen LogP contribution < -0.4 is 15.4 Å². The third-order valence-electron chi connectivity index (χ3n) is 2.90. The number of ether oxygens (including phenoxy) is 1. The molecule has 0 unspecified atom stereocenters. The van der Waals surface area contributed by atoms with Gasteiger partial charge in [0.15, 0.2) is 0 Å². The number of nitrogens with zero attached hydrogens (tertiary/aromatic N) is 1. The van der Waals surface area contributed by atoms with E-state index in [9.17, 15) is 4.79 Å². The number of hydrogen-bond acceptors (Lipinski definition) is 3. The molecule has 0 radical (unpaired) electrons. The van der Waals surface area contributed by atoms with Crippen molar-refractivity contribution < 1.29 is 9.53 Å². The lowest BCUT2D eigenvalue weighted by molar-refractivity contribution is -0.119. The highest BCUT2D eigenvalue weighted by Crippen LogP contribution is 2.29. The molecule has 4 nitrogen and oxygen atoms in total. The molecule has 0 aliphatic rings. The number of rotatable bonds is 5. The normalized spacial score (nSPS) is 11.8. The maximum absolute atomic E-state index is 12.2. The van der Waals surface area contributed by atoms with Crippen LogP contribution in [0, 0.1) is 5.92 Å². The van der Waals surface area contributed by atoms with Crippen molar-refractivity contribution in [1.29, 1.82) is 0 Å². The molecule has 6 heteroatoms. The van der Waals surface area contributed by atoms with Crippen LogP contribution in [0.25, 0.3) is 0 Å². The maximum atomic E-state index is 12.2. The van der Waals surface area contributed by atoms with Crippen LogP contribution in [0.1, 0.15) is 20.3 Å². The highest BCUT2D eigenvalue weighted by atomic mass is 35.5. The highest BCUT2D eigenvalue weighted by molar-refractivity contribution is 6.32. The van der Waals surface area contributed by atoms with Gasteiger partial charge in [-0.3, -0.25) is 4.79 Å². The standard InChI is InChI=1S/C14H21ClN2O2.ClH/c1-9(2)7-12(16)14(18)17(3)10-5-6-13(19-4)11(15)8-10;/h5-6,8-9,12H,7,16H2,1-4H3;1H/t12-;/m0./s1.